The van der Waals surface area contributed by atoms with Gasteiger partial charge < -0.3 is 14.8 Å². The molecule has 0 aliphatic heterocycles. The molecule has 0 unspecified atom stereocenters. The minimum absolute atomic E-state index is 0.153. The fraction of sp³-hybridized carbons (Fsp3) is 0.471. The molecule has 0 radical (unpaired) electrons. The second-order valence-electron chi connectivity index (χ2n) is 5.79. The molecule has 0 saturated heterocycles. The first-order valence-corrected chi connectivity index (χ1v) is 8.21. The molecule has 0 atom stereocenters. The van der Waals surface area contributed by atoms with Crippen molar-refractivity contribution >= 4 is 28.9 Å². The van der Waals surface area contributed by atoms with E-state index in [1.54, 1.807) is 18.2 Å². The SMILES string of the molecule is CC(=O)OCCC(CCOC(C)=O)NC(=O)Cc1ccc2nonc2c1. The van der Waals surface area contributed by atoms with E-state index in [1.807, 2.05) is 0 Å². The number of ether oxygens (including phenoxy) is 2. The molecule has 1 amide bonds. The first-order chi connectivity index (χ1) is 12.4. The Morgan fingerprint density at radius 2 is 1.65 bits per heavy atom. The summed E-state index contributed by atoms with van der Waals surface area (Å²) in [6.45, 7) is 3.00. The highest BCUT2D eigenvalue weighted by atomic mass is 16.6. The summed E-state index contributed by atoms with van der Waals surface area (Å²) in [5.41, 5.74) is 1.97. The summed E-state index contributed by atoms with van der Waals surface area (Å²) in [5.74, 6) is -0.967. The van der Waals surface area contributed by atoms with E-state index in [4.69, 9.17) is 9.47 Å². The van der Waals surface area contributed by atoms with Gasteiger partial charge in [0, 0.05) is 32.7 Å². The summed E-state index contributed by atoms with van der Waals surface area (Å²) in [7, 11) is 0. The molecule has 1 aromatic carbocycles. The van der Waals surface area contributed by atoms with Crippen LogP contribution in [-0.4, -0.2) is 47.4 Å². The van der Waals surface area contributed by atoms with Crippen molar-refractivity contribution in [3.63, 3.8) is 0 Å². The van der Waals surface area contributed by atoms with Gasteiger partial charge in [-0.15, -0.1) is 0 Å². The maximum Gasteiger partial charge on any atom is 0.302 e. The number of hydrogen-bond acceptors (Lipinski definition) is 8. The van der Waals surface area contributed by atoms with E-state index in [2.05, 4.69) is 20.3 Å². The maximum atomic E-state index is 12.3. The minimum atomic E-state index is -0.385. The van der Waals surface area contributed by atoms with Crippen LogP contribution >= 0.6 is 0 Å². The number of hydrogen-bond donors (Lipinski definition) is 1. The molecular formula is C17H21N3O6. The van der Waals surface area contributed by atoms with E-state index >= 15 is 0 Å². The van der Waals surface area contributed by atoms with E-state index in [-0.39, 0.29) is 43.5 Å². The predicted molar refractivity (Wildman–Crippen MR) is 89.9 cm³/mol. The summed E-state index contributed by atoms with van der Waals surface area (Å²) >= 11 is 0. The van der Waals surface area contributed by atoms with Gasteiger partial charge in [0.25, 0.3) is 0 Å². The van der Waals surface area contributed by atoms with Crippen LogP contribution in [0.4, 0.5) is 0 Å². The van der Waals surface area contributed by atoms with E-state index in [0.717, 1.165) is 5.56 Å². The second-order valence-corrected chi connectivity index (χ2v) is 5.79. The summed E-state index contributed by atoms with van der Waals surface area (Å²) in [6, 6.07) is 4.96. The molecule has 140 valence electrons. The van der Waals surface area contributed by atoms with E-state index < -0.39 is 0 Å². The van der Waals surface area contributed by atoms with Crippen molar-refractivity contribution in [2.45, 2.75) is 39.2 Å². The molecule has 0 spiro atoms. The number of amides is 1. The Morgan fingerprint density at radius 1 is 1.04 bits per heavy atom. The van der Waals surface area contributed by atoms with Crippen LogP contribution in [0.1, 0.15) is 32.3 Å². The van der Waals surface area contributed by atoms with Crippen molar-refractivity contribution in [1.82, 2.24) is 15.6 Å². The first-order valence-electron chi connectivity index (χ1n) is 8.21. The lowest BCUT2D eigenvalue weighted by Gasteiger charge is -2.18. The van der Waals surface area contributed by atoms with Crippen molar-refractivity contribution in [2.75, 3.05) is 13.2 Å². The molecule has 0 aliphatic carbocycles. The monoisotopic (exact) mass is 363 g/mol. The summed E-state index contributed by atoms with van der Waals surface area (Å²) < 4.78 is 14.5. The smallest absolute Gasteiger partial charge is 0.302 e. The molecule has 1 N–H and O–H groups in total. The van der Waals surface area contributed by atoms with Crippen molar-refractivity contribution in [2.24, 2.45) is 0 Å². The van der Waals surface area contributed by atoms with Crippen molar-refractivity contribution in [3.05, 3.63) is 23.8 Å². The molecule has 26 heavy (non-hydrogen) atoms. The van der Waals surface area contributed by atoms with Gasteiger partial charge in [0.05, 0.1) is 19.6 Å². The van der Waals surface area contributed by atoms with Crippen LogP contribution in [0.5, 0.6) is 0 Å². The Bertz CT molecular complexity index is 753. The third-order valence-electron chi connectivity index (χ3n) is 3.59. The third kappa shape index (κ3) is 6.50. The van der Waals surface area contributed by atoms with Gasteiger partial charge in [-0.2, -0.15) is 0 Å². The van der Waals surface area contributed by atoms with Gasteiger partial charge in [-0.1, -0.05) is 6.07 Å². The number of nitrogens with one attached hydrogen (secondary N) is 1. The van der Waals surface area contributed by atoms with Crippen molar-refractivity contribution < 1.29 is 28.5 Å². The highest BCUT2D eigenvalue weighted by molar-refractivity contribution is 5.81. The van der Waals surface area contributed by atoms with Crippen LogP contribution in [0.15, 0.2) is 22.8 Å². The van der Waals surface area contributed by atoms with Crippen LogP contribution < -0.4 is 5.32 Å². The van der Waals surface area contributed by atoms with Gasteiger partial charge in [-0.05, 0) is 28.0 Å². The van der Waals surface area contributed by atoms with Crippen LogP contribution in [0, 0.1) is 0 Å². The second kappa shape index (κ2) is 9.50. The number of nitrogens with zero attached hydrogens (tertiary/aromatic N) is 2. The molecule has 9 nitrogen and oxygen atoms in total. The van der Waals surface area contributed by atoms with Gasteiger partial charge in [0.2, 0.25) is 5.91 Å². The summed E-state index contributed by atoms with van der Waals surface area (Å²) in [5, 5.41) is 10.3. The number of esters is 2. The number of benzene rings is 1. The number of carbonyl (C=O) groups excluding carboxylic acids is 3. The Labute approximate surface area is 150 Å². The zero-order valence-electron chi connectivity index (χ0n) is 14.7. The lowest BCUT2D eigenvalue weighted by Crippen LogP contribution is -2.37. The topological polar surface area (TPSA) is 121 Å². The number of carbonyl (C=O) groups is 3. The lowest BCUT2D eigenvalue weighted by molar-refractivity contribution is -0.141. The van der Waals surface area contributed by atoms with Gasteiger partial charge in [0.1, 0.15) is 11.0 Å². The van der Waals surface area contributed by atoms with E-state index in [0.29, 0.717) is 23.9 Å². The van der Waals surface area contributed by atoms with Gasteiger partial charge >= 0.3 is 11.9 Å². The number of aromatic nitrogens is 2. The van der Waals surface area contributed by atoms with Crippen molar-refractivity contribution in [3.8, 4) is 0 Å². The molecule has 0 bridgehead atoms. The quantitative estimate of drug-likeness (QED) is 0.659. The van der Waals surface area contributed by atoms with Gasteiger partial charge in [-0.25, -0.2) is 4.63 Å². The Kier molecular flexibility index (Phi) is 7.07. The maximum absolute atomic E-state index is 12.3. The Morgan fingerprint density at radius 3 is 2.27 bits per heavy atom. The largest absolute Gasteiger partial charge is 0.466 e. The Hall–Kier alpha value is -2.97. The molecule has 2 aromatic rings. The first kappa shape index (κ1) is 19.4. The summed E-state index contributed by atoms with van der Waals surface area (Å²) in [6.07, 6.45) is 1.01. The standard InChI is InChI=1S/C17H21N3O6/c1-11(21)24-7-5-14(6-8-25-12(2)22)18-17(23)10-13-3-4-15-16(9-13)20-26-19-15/h3-4,9,14H,5-8,10H2,1-2H3,(H,18,23). The average Bonchev–Trinajstić information content (AvgIpc) is 3.01. The van der Waals surface area contributed by atoms with E-state index in [9.17, 15) is 14.4 Å². The molecule has 0 aliphatic rings. The summed E-state index contributed by atoms with van der Waals surface area (Å²) in [4.78, 5) is 34.1. The van der Waals surface area contributed by atoms with Crippen LogP contribution in [-0.2, 0) is 30.3 Å². The highest BCUT2D eigenvalue weighted by Gasteiger charge is 2.15. The zero-order chi connectivity index (χ0) is 18.9. The molecule has 1 heterocycles. The number of fused-ring (bicyclic) bond motifs is 1. The normalized spacial score (nSPS) is 10.7. The van der Waals surface area contributed by atoms with Crippen LogP contribution in [0.2, 0.25) is 0 Å². The average molecular weight is 363 g/mol. The van der Waals surface area contributed by atoms with Crippen molar-refractivity contribution in [1.29, 1.82) is 0 Å². The Balaban J connectivity index is 1.89. The molecule has 0 fully saturated rings. The van der Waals surface area contributed by atoms with Crippen LogP contribution in [0.3, 0.4) is 0 Å². The molecule has 0 saturated carbocycles. The van der Waals surface area contributed by atoms with Gasteiger partial charge in [0.15, 0.2) is 0 Å². The van der Waals surface area contributed by atoms with Gasteiger partial charge in [-0.3, -0.25) is 14.4 Å². The minimum Gasteiger partial charge on any atom is -0.466 e. The molecule has 1 aromatic heterocycles. The number of rotatable bonds is 9. The predicted octanol–water partition coefficient (Wildman–Crippen LogP) is 1.16. The highest BCUT2D eigenvalue weighted by Crippen LogP contribution is 2.12. The fourth-order valence-corrected chi connectivity index (χ4v) is 2.38. The fourth-order valence-electron chi connectivity index (χ4n) is 2.38. The van der Waals surface area contributed by atoms with Crippen LogP contribution in [0.25, 0.3) is 11.0 Å². The molecule has 9 heteroatoms. The lowest BCUT2D eigenvalue weighted by atomic mass is 10.1. The zero-order valence-corrected chi connectivity index (χ0v) is 14.7. The van der Waals surface area contributed by atoms with E-state index in [1.165, 1.54) is 13.8 Å². The molecular weight excluding hydrogens is 342 g/mol. The molecule has 2 rings (SSSR count). The third-order valence-corrected chi connectivity index (χ3v) is 3.59.